The van der Waals surface area contributed by atoms with Gasteiger partial charge in [0.2, 0.25) is 15.9 Å². The molecule has 1 amide bonds. The summed E-state index contributed by atoms with van der Waals surface area (Å²) < 4.78 is 30.8. The van der Waals surface area contributed by atoms with Crippen molar-refractivity contribution in [3.05, 3.63) is 0 Å². The van der Waals surface area contributed by atoms with Crippen LogP contribution in [0.4, 0.5) is 0 Å². The Morgan fingerprint density at radius 3 is 2.76 bits per heavy atom. The van der Waals surface area contributed by atoms with E-state index in [1.807, 2.05) is 4.90 Å². The van der Waals surface area contributed by atoms with Crippen molar-refractivity contribution < 1.29 is 17.9 Å². The fourth-order valence-corrected chi connectivity index (χ4v) is 4.61. The van der Waals surface area contributed by atoms with E-state index < -0.39 is 10.0 Å². The van der Waals surface area contributed by atoms with Gasteiger partial charge in [0.1, 0.15) is 0 Å². The Labute approximate surface area is 127 Å². The third-order valence-corrected chi connectivity index (χ3v) is 6.49. The van der Waals surface area contributed by atoms with Crippen molar-refractivity contribution in [3.8, 4) is 0 Å². The van der Waals surface area contributed by atoms with Gasteiger partial charge in [-0.2, -0.15) is 0 Å². The average Bonchev–Trinajstić information content (AvgIpc) is 2.63. The number of likely N-dealkylation sites (tertiary alicyclic amines) is 1. The van der Waals surface area contributed by atoms with E-state index >= 15 is 0 Å². The molecule has 21 heavy (non-hydrogen) atoms. The largest absolute Gasteiger partial charge is 0.383 e. The highest BCUT2D eigenvalue weighted by molar-refractivity contribution is 7.89. The minimum atomic E-state index is -3.13. The molecule has 2 aliphatic heterocycles. The van der Waals surface area contributed by atoms with E-state index in [0.29, 0.717) is 32.7 Å². The third-order valence-electron chi connectivity index (χ3n) is 4.64. The normalized spacial score (nSPS) is 28.3. The first-order chi connectivity index (χ1) is 9.99. The van der Waals surface area contributed by atoms with Crippen molar-refractivity contribution >= 4 is 15.9 Å². The summed E-state index contributed by atoms with van der Waals surface area (Å²) in [4.78, 5) is 14.2. The van der Waals surface area contributed by atoms with E-state index in [1.165, 1.54) is 0 Å². The summed E-state index contributed by atoms with van der Waals surface area (Å²) >= 11 is 0. The van der Waals surface area contributed by atoms with Gasteiger partial charge in [-0.05, 0) is 32.1 Å². The Balaban J connectivity index is 2.11. The zero-order valence-corrected chi connectivity index (χ0v) is 13.8. The summed E-state index contributed by atoms with van der Waals surface area (Å²) in [6.45, 7) is 3.90. The number of piperidine rings is 1. The van der Waals surface area contributed by atoms with Crippen molar-refractivity contribution in [1.82, 2.24) is 9.21 Å². The second-order valence-electron chi connectivity index (χ2n) is 5.85. The predicted molar refractivity (Wildman–Crippen MR) is 80.4 cm³/mol. The molecule has 2 heterocycles. The van der Waals surface area contributed by atoms with Gasteiger partial charge in [-0.15, -0.1) is 0 Å². The fraction of sp³-hybridized carbons (Fsp3) is 0.929. The SMILES string of the molecule is CCS(=O)(=O)N1CC[C@@H]2[C@@H](CCCC(=O)N2CCOC)C1. The van der Waals surface area contributed by atoms with Gasteiger partial charge < -0.3 is 9.64 Å². The molecule has 122 valence electrons. The lowest BCUT2D eigenvalue weighted by molar-refractivity contribution is -0.135. The van der Waals surface area contributed by atoms with E-state index in [9.17, 15) is 13.2 Å². The molecule has 0 unspecified atom stereocenters. The van der Waals surface area contributed by atoms with Crippen molar-refractivity contribution in [1.29, 1.82) is 0 Å². The average molecular weight is 318 g/mol. The molecule has 2 saturated heterocycles. The monoisotopic (exact) mass is 318 g/mol. The standard InChI is InChI=1S/C14H26N2O4S/c1-3-21(18,19)15-8-7-13-12(11-15)5-4-6-14(17)16(13)9-10-20-2/h12-13H,3-11H2,1-2H3/t12-,13+/m0/s1. The first kappa shape index (κ1) is 16.7. The maximum atomic E-state index is 12.2. The number of rotatable bonds is 5. The maximum absolute atomic E-state index is 12.2. The van der Waals surface area contributed by atoms with Gasteiger partial charge in [-0.25, -0.2) is 12.7 Å². The van der Waals surface area contributed by atoms with Crippen LogP contribution in [0.25, 0.3) is 0 Å². The first-order valence-electron chi connectivity index (χ1n) is 7.75. The van der Waals surface area contributed by atoms with Crippen LogP contribution in [-0.2, 0) is 19.6 Å². The smallest absolute Gasteiger partial charge is 0.222 e. The molecule has 2 fully saturated rings. The summed E-state index contributed by atoms with van der Waals surface area (Å²) in [5.41, 5.74) is 0. The lowest BCUT2D eigenvalue weighted by Crippen LogP contribution is -2.53. The van der Waals surface area contributed by atoms with Gasteiger partial charge in [0.05, 0.1) is 12.4 Å². The van der Waals surface area contributed by atoms with Crippen LogP contribution in [0, 0.1) is 5.92 Å². The summed E-state index contributed by atoms with van der Waals surface area (Å²) in [7, 11) is -1.49. The molecule has 0 aliphatic carbocycles. The van der Waals surface area contributed by atoms with E-state index in [0.717, 1.165) is 19.3 Å². The quantitative estimate of drug-likeness (QED) is 0.748. The summed E-state index contributed by atoms with van der Waals surface area (Å²) in [5.74, 6) is 0.589. The van der Waals surface area contributed by atoms with E-state index in [1.54, 1.807) is 18.3 Å². The molecule has 0 bridgehead atoms. The Bertz CT molecular complexity index is 466. The van der Waals surface area contributed by atoms with Crippen LogP contribution >= 0.6 is 0 Å². The Morgan fingerprint density at radius 1 is 1.33 bits per heavy atom. The number of carbonyl (C=O) groups is 1. The number of sulfonamides is 1. The van der Waals surface area contributed by atoms with Crippen LogP contribution in [0.15, 0.2) is 0 Å². The molecular weight excluding hydrogens is 292 g/mol. The Kier molecular flexibility index (Phi) is 5.62. The molecule has 0 saturated carbocycles. The molecule has 0 aromatic heterocycles. The van der Waals surface area contributed by atoms with Gasteiger partial charge in [0.15, 0.2) is 0 Å². The molecule has 2 aliphatic rings. The number of fused-ring (bicyclic) bond motifs is 1. The molecule has 2 atom stereocenters. The summed E-state index contributed by atoms with van der Waals surface area (Å²) in [6, 6.07) is 0.165. The van der Waals surface area contributed by atoms with Gasteiger partial charge in [-0.3, -0.25) is 4.79 Å². The molecule has 0 N–H and O–H groups in total. The second kappa shape index (κ2) is 7.07. The Hall–Kier alpha value is -0.660. The van der Waals surface area contributed by atoms with Gasteiger partial charge in [0.25, 0.3) is 0 Å². The zero-order valence-electron chi connectivity index (χ0n) is 13.0. The lowest BCUT2D eigenvalue weighted by atomic mass is 9.89. The molecule has 0 aromatic rings. The maximum Gasteiger partial charge on any atom is 0.222 e. The van der Waals surface area contributed by atoms with Crippen molar-refractivity contribution in [2.75, 3.05) is 39.1 Å². The van der Waals surface area contributed by atoms with Crippen LogP contribution < -0.4 is 0 Å². The van der Waals surface area contributed by atoms with Gasteiger partial charge in [0, 0.05) is 39.2 Å². The van der Waals surface area contributed by atoms with Crippen molar-refractivity contribution in [3.63, 3.8) is 0 Å². The molecule has 2 rings (SSSR count). The number of nitrogens with zero attached hydrogens (tertiary/aromatic N) is 2. The molecular formula is C14H26N2O4S. The number of hydrogen-bond donors (Lipinski definition) is 0. The van der Waals surface area contributed by atoms with E-state index in [4.69, 9.17) is 4.74 Å². The van der Waals surface area contributed by atoms with Crippen LogP contribution in [0.3, 0.4) is 0 Å². The van der Waals surface area contributed by atoms with Gasteiger partial charge >= 0.3 is 0 Å². The minimum Gasteiger partial charge on any atom is -0.383 e. The fourth-order valence-electron chi connectivity index (χ4n) is 3.44. The van der Waals surface area contributed by atoms with Crippen LogP contribution in [0.1, 0.15) is 32.6 Å². The van der Waals surface area contributed by atoms with Crippen LogP contribution in [-0.4, -0.2) is 68.7 Å². The summed E-state index contributed by atoms with van der Waals surface area (Å²) in [5, 5.41) is 0. The highest BCUT2D eigenvalue weighted by Gasteiger charge is 2.39. The molecule has 7 heteroatoms. The summed E-state index contributed by atoms with van der Waals surface area (Å²) in [6.07, 6.45) is 3.08. The minimum absolute atomic E-state index is 0.150. The molecule has 0 spiro atoms. The van der Waals surface area contributed by atoms with Crippen molar-refractivity contribution in [2.45, 2.75) is 38.6 Å². The third kappa shape index (κ3) is 3.76. The highest BCUT2D eigenvalue weighted by atomic mass is 32.2. The number of ether oxygens (including phenoxy) is 1. The number of hydrogen-bond acceptors (Lipinski definition) is 4. The molecule has 0 radical (unpaired) electrons. The van der Waals surface area contributed by atoms with E-state index in [2.05, 4.69) is 0 Å². The first-order valence-corrected chi connectivity index (χ1v) is 9.36. The zero-order chi connectivity index (χ0) is 15.5. The van der Waals surface area contributed by atoms with Crippen LogP contribution in [0.5, 0.6) is 0 Å². The van der Waals surface area contributed by atoms with E-state index in [-0.39, 0.29) is 23.6 Å². The number of amides is 1. The Morgan fingerprint density at radius 2 is 2.10 bits per heavy atom. The molecule has 0 aromatic carbocycles. The van der Waals surface area contributed by atoms with Crippen molar-refractivity contribution in [2.24, 2.45) is 5.92 Å². The number of methoxy groups -OCH3 is 1. The topological polar surface area (TPSA) is 66.9 Å². The highest BCUT2D eigenvalue weighted by Crippen LogP contribution is 2.31. The number of carbonyl (C=O) groups excluding carboxylic acids is 1. The van der Waals surface area contributed by atoms with Crippen LogP contribution in [0.2, 0.25) is 0 Å². The predicted octanol–water partition coefficient (Wildman–Crippen LogP) is 0.686. The second-order valence-corrected chi connectivity index (χ2v) is 8.10. The van der Waals surface area contributed by atoms with Gasteiger partial charge in [-0.1, -0.05) is 0 Å². The lowest BCUT2D eigenvalue weighted by Gasteiger charge is -2.42. The molecule has 6 nitrogen and oxygen atoms in total.